The Morgan fingerprint density at radius 2 is 1.48 bits per heavy atom. The molecule has 0 heterocycles. The quantitative estimate of drug-likeness (QED) is 0.365. The lowest BCUT2D eigenvalue weighted by atomic mass is 10.2. The molecule has 0 fully saturated rings. The molecular formula is C13H18O8. The number of aliphatic carboxylic acids is 1. The average Bonchev–Trinajstić information content (AvgIpc) is 2.25. The number of ether oxygens (including phenoxy) is 2. The first-order valence-electron chi connectivity index (χ1n) is 6.26. The van der Waals surface area contributed by atoms with Gasteiger partial charge in [0.15, 0.2) is 0 Å². The topological polar surface area (TPSA) is 124 Å². The van der Waals surface area contributed by atoms with Crippen LogP contribution >= 0.6 is 0 Å². The number of hydrogen-bond donors (Lipinski definition) is 1. The van der Waals surface area contributed by atoms with Crippen molar-refractivity contribution in [3.8, 4) is 0 Å². The Bertz CT molecular complexity index is 439. The summed E-state index contributed by atoms with van der Waals surface area (Å²) in [6, 6.07) is 0. The molecule has 0 saturated carbocycles. The van der Waals surface area contributed by atoms with Gasteiger partial charge in [0.25, 0.3) is 5.78 Å². The fourth-order valence-corrected chi connectivity index (χ4v) is 1.45. The van der Waals surface area contributed by atoms with E-state index >= 15 is 0 Å². The summed E-state index contributed by atoms with van der Waals surface area (Å²) in [5.74, 6) is -4.73. The van der Waals surface area contributed by atoms with Gasteiger partial charge in [-0.1, -0.05) is 0 Å². The summed E-state index contributed by atoms with van der Waals surface area (Å²) in [6.07, 6.45) is -2.92. The lowest BCUT2D eigenvalue weighted by molar-refractivity contribution is -0.163. The summed E-state index contributed by atoms with van der Waals surface area (Å²) >= 11 is 0. The molecule has 0 spiro atoms. The first kappa shape index (κ1) is 18.8. The maximum absolute atomic E-state index is 11.4. The first-order valence-corrected chi connectivity index (χ1v) is 6.26. The predicted octanol–water partition coefficient (Wildman–Crippen LogP) is 0.263. The van der Waals surface area contributed by atoms with Gasteiger partial charge in [-0.2, -0.15) is 0 Å². The van der Waals surface area contributed by atoms with Crippen LogP contribution in [0.3, 0.4) is 0 Å². The van der Waals surface area contributed by atoms with Gasteiger partial charge in [0.05, 0.1) is 6.42 Å². The monoisotopic (exact) mass is 302 g/mol. The number of hydrogen-bond acceptors (Lipinski definition) is 7. The number of Topliss-reactive ketones (excluding diaryl/α,β-unsaturated/α-hetero) is 2. The molecular weight excluding hydrogens is 284 g/mol. The molecule has 0 aromatic carbocycles. The Balaban J connectivity index is 4.22. The van der Waals surface area contributed by atoms with E-state index in [1.54, 1.807) is 0 Å². The third kappa shape index (κ3) is 9.31. The zero-order valence-electron chi connectivity index (χ0n) is 12.1. The van der Waals surface area contributed by atoms with E-state index in [2.05, 4.69) is 4.74 Å². The lowest BCUT2D eigenvalue weighted by Crippen LogP contribution is -2.27. The van der Waals surface area contributed by atoms with Crippen molar-refractivity contribution < 1.29 is 38.6 Å². The van der Waals surface area contributed by atoms with Gasteiger partial charge in [0, 0.05) is 6.42 Å². The molecule has 0 radical (unpaired) electrons. The number of carboxylic acid groups (broad SMARTS) is 1. The SMILES string of the molecule is CC(=O)C[C@H](C)OC(=O)CC(=O)C(=O)O[C@@H](C)CC(=O)O. The van der Waals surface area contributed by atoms with Crippen LogP contribution in [0.1, 0.15) is 40.0 Å². The maximum Gasteiger partial charge on any atom is 0.375 e. The minimum absolute atomic E-state index is 0.0139. The molecule has 8 heteroatoms. The maximum atomic E-state index is 11.4. The van der Waals surface area contributed by atoms with Gasteiger partial charge in [-0.15, -0.1) is 0 Å². The number of rotatable bonds is 9. The van der Waals surface area contributed by atoms with Crippen molar-refractivity contribution in [2.45, 2.75) is 52.2 Å². The van der Waals surface area contributed by atoms with Gasteiger partial charge in [-0.25, -0.2) is 4.79 Å². The standard InChI is InChI=1S/C13H18O8/c1-7(14)4-8(2)20-12(18)6-10(15)13(19)21-9(3)5-11(16)17/h8-9H,4-6H2,1-3H3,(H,16,17)/t8-,9-/m0/s1. The van der Waals surface area contributed by atoms with Crippen molar-refractivity contribution >= 4 is 29.5 Å². The lowest BCUT2D eigenvalue weighted by Gasteiger charge is -2.12. The first-order chi connectivity index (χ1) is 9.61. The smallest absolute Gasteiger partial charge is 0.375 e. The van der Waals surface area contributed by atoms with E-state index in [1.165, 1.54) is 20.8 Å². The van der Waals surface area contributed by atoms with Crippen molar-refractivity contribution in [2.24, 2.45) is 0 Å². The van der Waals surface area contributed by atoms with Crippen molar-refractivity contribution in [1.82, 2.24) is 0 Å². The van der Waals surface area contributed by atoms with Gasteiger partial charge < -0.3 is 14.6 Å². The van der Waals surface area contributed by atoms with Crippen LogP contribution in [0.5, 0.6) is 0 Å². The van der Waals surface area contributed by atoms with E-state index in [0.29, 0.717) is 0 Å². The van der Waals surface area contributed by atoms with Crippen LogP contribution in [-0.4, -0.2) is 46.8 Å². The van der Waals surface area contributed by atoms with Crippen LogP contribution in [0.25, 0.3) is 0 Å². The molecule has 0 aliphatic carbocycles. The highest BCUT2D eigenvalue weighted by Crippen LogP contribution is 2.03. The normalized spacial score (nSPS) is 12.9. The van der Waals surface area contributed by atoms with Crippen molar-refractivity contribution in [1.29, 1.82) is 0 Å². The van der Waals surface area contributed by atoms with Gasteiger partial charge in [0.2, 0.25) is 0 Å². The zero-order chi connectivity index (χ0) is 16.6. The fraction of sp³-hybridized carbons (Fsp3) is 0.615. The van der Waals surface area contributed by atoms with Crippen LogP contribution in [0, 0.1) is 0 Å². The van der Waals surface area contributed by atoms with Gasteiger partial charge in [-0.05, 0) is 20.8 Å². The number of carbonyl (C=O) groups excluding carboxylic acids is 4. The molecule has 8 nitrogen and oxygen atoms in total. The zero-order valence-corrected chi connectivity index (χ0v) is 12.1. The number of esters is 2. The predicted molar refractivity (Wildman–Crippen MR) is 68.3 cm³/mol. The molecule has 0 aliphatic heterocycles. The molecule has 0 unspecified atom stereocenters. The Labute approximate surface area is 121 Å². The van der Waals surface area contributed by atoms with Crippen LogP contribution in [0.2, 0.25) is 0 Å². The molecule has 0 aliphatic rings. The Hall–Kier alpha value is -2.25. The third-order valence-corrected chi connectivity index (χ3v) is 2.21. The van der Waals surface area contributed by atoms with Crippen LogP contribution in [0.4, 0.5) is 0 Å². The Kier molecular flexibility index (Phi) is 7.88. The van der Waals surface area contributed by atoms with Gasteiger partial charge >= 0.3 is 17.9 Å². The second-order valence-corrected chi connectivity index (χ2v) is 4.62. The Morgan fingerprint density at radius 3 is 1.95 bits per heavy atom. The minimum atomic E-state index is -1.29. The van der Waals surface area contributed by atoms with Crippen LogP contribution < -0.4 is 0 Å². The fourth-order valence-electron chi connectivity index (χ4n) is 1.45. The number of carbonyl (C=O) groups is 5. The molecule has 2 atom stereocenters. The van der Waals surface area contributed by atoms with E-state index < -0.39 is 48.7 Å². The summed E-state index contributed by atoms with van der Waals surface area (Å²) in [7, 11) is 0. The third-order valence-electron chi connectivity index (χ3n) is 2.21. The number of carboxylic acids is 1. The molecule has 0 aromatic rings. The van der Waals surface area contributed by atoms with E-state index in [-0.39, 0.29) is 12.2 Å². The summed E-state index contributed by atoms with van der Waals surface area (Å²) in [5, 5.41) is 8.47. The minimum Gasteiger partial charge on any atom is -0.481 e. The highest BCUT2D eigenvalue weighted by atomic mass is 16.6. The van der Waals surface area contributed by atoms with Crippen molar-refractivity contribution in [2.75, 3.05) is 0 Å². The van der Waals surface area contributed by atoms with E-state index in [4.69, 9.17) is 9.84 Å². The Morgan fingerprint density at radius 1 is 0.952 bits per heavy atom. The largest absolute Gasteiger partial charge is 0.481 e. The summed E-state index contributed by atoms with van der Waals surface area (Å²) in [5.41, 5.74) is 0. The van der Waals surface area contributed by atoms with Crippen molar-refractivity contribution in [3.05, 3.63) is 0 Å². The van der Waals surface area contributed by atoms with Crippen LogP contribution in [-0.2, 0) is 33.4 Å². The van der Waals surface area contributed by atoms with E-state index in [9.17, 15) is 24.0 Å². The molecule has 118 valence electrons. The van der Waals surface area contributed by atoms with Crippen LogP contribution in [0.15, 0.2) is 0 Å². The second-order valence-electron chi connectivity index (χ2n) is 4.62. The highest BCUT2D eigenvalue weighted by molar-refractivity contribution is 6.36. The van der Waals surface area contributed by atoms with Crippen molar-refractivity contribution in [3.63, 3.8) is 0 Å². The van der Waals surface area contributed by atoms with E-state index in [1.807, 2.05) is 0 Å². The molecule has 0 amide bonds. The van der Waals surface area contributed by atoms with Gasteiger partial charge in [-0.3, -0.25) is 19.2 Å². The molecule has 0 bridgehead atoms. The molecule has 0 rings (SSSR count). The highest BCUT2D eigenvalue weighted by Gasteiger charge is 2.24. The molecule has 0 aromatic heterocycles. The summed E-state index contributed by atoms with van der Waals surface area (Å²) in [6.45, 7) is 4.13. The van der Waals surface area contributed by atoms with E-state index in [0.717, 1.165) is 0 Å². The molecule has 1 N–H and O–H groups in total. The summed E-state index contributed by atoms with van der Waals surface area (Å²) in [4.78, 5) is 55.2. The summed E-state index contributed by atoms with van der Waals surface area (Å²) < 4.78 is 9.33. The molecule has 21 heavy (non-hydrogen) atoms. The molecule has 0 saturated heterocycles. The second kappa shape index (κ2) is 8.83. The van der Waals surface area contributed by atoms with Gasteiger partial charge in [0.1, 0.15) is 24.4 Å². The number of ketones is 2. The average molecular weight is 302 g/mol.